The summed E-state index contributed by atoms with van der Waals surface area (Å²) in [6.07, 6.45) is 1.63. The van der Waals surface area contributed by atoms with Gasteiger partial charge in [0.1, 0.15) is 6.04 Å². The molecule has 104 valence electrons. The number of nitrogens with one attached hydrogen (secondary N) is 1. The van der Waals surface area contributed by atoms with E-state index in [-0.39, 0.29) is 5.78 Å². The number of carbonyl (C=O) groups excluding carboxylic acids is 1. The van der Waals surface area contributed by atoms with E-state index < -0.39 is 6.04 Å². The molecule has 0 amide bonds. The van der Waals surface area contributed by atoms with Crippen molar-refractivity contribution in [1.82, 2.24) is 9.97 Å². The number of rotatable bonds is 3. The van der Waals surface area contributed by atoms with Gasteiger partial charge in [-0.1, -0.05) is 17.7 Å². The number of nitrogens with zero attached hydrogens (tertiary/aromatic N) is 2. The van der Waals surface area contributed by atoms with Gasteiger partial charge in [0.2, 0.25) is 5.78 Å². The van der Waals surface area contributed by atoms with Crippen molar-refractivity contribution in [2.45, 2.75) is 6.04 Å². The summed E-state index contributed by atoms with van der Waals surface area (Å²) in [6.45, 7) is 0. The number of carbonyl (C=O) groups is 1. The van der Waals surface area contributed by atoms with E-state index in [4.69, 9.17) is 22.6 Å². The van der Waals surface area contributed by atoms with Crippen LogP contribution in [0.5, 0.6) is 0 Å². The first-order chi connectivity index (χ1) is 10.1. The summed E-state index contributed by atoms with van der Waals surface area (Å²) in [4.78, 5) is 19.7. The Morgan fingerprint density at radius 3 is 3.10 bits per heavy atom. The summed E-state index contributed by atoms with van der Waals surface area (Å²) in [7, 11) is 0. The third kappa shape index (κ3) is 2.43. The summed E-state index contributed by atoms with van der Waals surface area (Å²) in [5.41, 5.74) is 7.31. The molecule has 0 radical (unpaired) electrons. The molecular formula is C14H9ClN4OS. The minimum atomic E-state index is -0.815. The van der Waals surface area contributed by atoms with Gasteiger partial charge in [0, 0.05) is 27.5 Å². The van der Waals surface area contributed by atoms with Gasteiger partial charge in [-0.15, -0.1) is 11.3 Å². The van der Waals surface area contributed by atoms with Crippen LogP contribution in [0.25, 0.3) is 10.9 Å². The Kier molecular flexibility index (Phi) is 3.47. The first kappa shape index (κ1) is 13.8. The highest BCUT2D eigenvalue weighted by molar-refractivity contribution is 7.12. The van der Waals surface area contributed by atoms with E-state index in [9.17, 15) is 4.79 Å². The lowest BCUT2D eigenvalue weighted by molar-refractivity contribution is 0.104. The second-order valence-electron chi connectivity index (χ2n) is 4.41. The van der Waals surface area contributed by atoms with Crippen LogP contribution in [0.4, 0.5) is 0 Å². The van der Waals surface area contributed by atoms with Crippen molar-refractivity contribution in [1.29, 1.82) is 5.26 Å². The topological polar surface area (TPSA) is 95.6 Å². The molecular weight excluding hydrogens is 308 g/mol. The van der Waals surface area contributed by atoms with Crippen molar-refractivity contribution < 1.29 is 4.79 Å². The number of aromatic amines is 1. The van der Waals surface area contributed by atoms with Gasteiger partial charge in [0.15, 0.2) is 5.01 Å². The molecule has 3 aromatic rings. The average Bonchev–Trinajstić information content (AvgIpc) is 3.12. The van der Waals surface area contributed by atoms with Gasteiger partial charge in [0.25, 0.3) is 0 Å². The summed E-state index contributed by atoms with van der Waals surface area (Å²) in [6, 6.07) is 6.35. The van der Waals surface area contributed by atoms with Crippen molar-refractivity contribution in [2.24, 2.45) is 5.73 Å². The third-order valence-corrected chi connectivity index (χ3v) is 4.16. The van der Waals surface area contributed by atoms with Gasteiger partial charge in [0.05, 0.1) is 17.3 Å². The Balaban J connectivity index is 2.01. The predicted octanol–water partition coefficient (Wildman–Crippen LogP) is 3.03. The van der Waals surface area contributed by atoms with Gasteiger partial charge in [-0.25, -0.2) is 4.98 Å². The van der Waals surface area contributed by atoms with Gasteiger partial charge >= 0.3 is 0 Å². The zero-order valence-corrected chi connectivity index (χ0v) is 12.2. The molecule has 0 aliphatic carbocycles. The van der Waals surface area contributed by atoms with E-state index in [1.54, 1.807) is 29.8 Å². The number of nitriles is 1. The lowest BCUT2D eigenvalue weighted by Gasteiger charge is -1.97. The molecule has 3 N–H and O–H groups in total. The van der Waals surface area contributed by atoms with Crippen LogP contribution >= 0.6 is 22.9 Å². The maximum Gasteiger partial charge on any atom is 0.223 e. The van der Waals surface area contributed by atoms with Crippen LogP contribution in [0.15, 0.2) is 29.8 Å². The van der Waals surface area contributed by atoms with Crippen LogP contribution in [-0.4, -0.2) is 15.8 Å². The number of nitrogens with two attached hydrogens (primary N) is 1. The fraction of sp³-hybridized carbons (Fsp3) is 0.0714. The Hall–Kier alpha value is -2.20. The summed E-state index contributed by atoms with van der Waals surface area (Å²) in [5, 5.41) is 12.1. The number of benzene rings is 1. The molecule has 21 heavy (non-hydrogen) atoms. The van der Waals surface area contributed by atoms with E-state index in [1.807, 2.05) is 6.07 Å². The highest BCUT2D eigenvalue weighted by Gasteiger charge is 2.19. The van der Waals surface area contributed by atoms with Crippen molar-refractivity contribution in [2.75, 3.05) is 0 Å². The standard InChI is InChI=1S/C14H9ClN4OS/c15-7-1-2-8-9(5-18-11(8)3-7)13(20)14-19-12(6-21-14)10(17)4-16/h1-3,5-6,10,18H,17H2. The van der Waals surface area contributed by atoms with Crippen molar-refractivity contribution in [3.05, 3.63) is 51.1 Å². The van der Waals surface area contributed by atoms with Crippen molar-refractivity contribution in [3.8, 4) is 6.07 Å². The summed E-state index contributed by atoms with van der Waals surface area (Å²) < 4.78 is 0. The number of hydrogen-bond donors (Lipinski definition) is 2. The number of hydrogen-bond acceptors (Lipinski definition) is 5. The molecule has 2 heterocycles. The lowest BCUT2D eigenvalue weighted by Crippen LogP contribution is -2.08. The first-order valence-corrected chi connectivity index (χ1v) is 7.28. The Labute approximate surface area is 129 Å². The molecule has 1 unspecified atom stereocenters. The first-order valence-electron chi connectivity index (χ1n) is 6.02. The Morgan fingerprint density at radius 2 is 2.33 bits per heavy atom. The summed E-state index contributed by atoms with van der Waals surface area (Å²) in [5.74, 6) is -0.204. The highest BCUT2D eigenvalue weighted by atomic mass is 35.5. The van der Waals surface area contributed by atoms with Crippen LogP contribution in [0.2, 0.25) is 5.02 Å². The molecule has 7 heteroatoms. The minimum absolute atomic E-state index is 0.204. The molecule has 1 atom stereocenters. The third-order valence-electron chi connectivity index (χ3n) is 3.06. The molecule has 0 fully saturated rings. The number of aromatic nitrogens is 2. The molecule has 2 aromatic heterocycles. The van der Waals surface area contributed by atoms with Crippen LogP contribution in [0.1, 0.15) is 27.1 Å². The monoisotopic (exact) mass is 316 g/mol. The molecule has 0 spiro atoms. The smallest absolute Gasteiger partial charge is 0.223 e. The maximum atomic E-state index is 12.5. The number of thiazole rings is 1. The fourth-order valence-electron chi connectivity index (χ4n) is 2.00. The number of H-pyrrole nitrogens is 1. The lowest BCUT2D eigenvalue weighted by atomic mass is 10.1. The van der Waals surface area contributed by atoms with E-state index in [0.717, 1.165) is 10.9 Å². The molecule has 1 aromatic carbocycles. The van der Waals surface area contributed by atoms with E-state index in [2.05, 4.69) is 9.97 Å². The summed E-state index contributed by atoms with van der Waals surface area (Å²) >= 11 is 7.10. The SMILES string of the molecule is N#CC(N)c1csc(C(=O)c2c[nH]c3cc(Cl)ccc23)n1. The minimum Gasteiger partial charge on any atom is -0.360 e. The normalized spacial score (nSPS) is 12.2. The van der Waals surface area contributed by atoms with Gasteiger partial charge < -0.3 is 10.7 Å². The van der Waals surface area contributed by atoms with Crippen LogP contribution in [0, 0.1) is 11.3 Å². The zero-order chi connectivity index (χ0) is 15.0. The fourth-order valence-corrected chi connectivity index (χ4v) is 2.98. The average molecular weight is 317 g/mol. The molecule has 0 aliphatic heterocycles. The van der Waals surface area contributed by atoms with Crippen molar-refractivity contribution in [3.63, 3.8) is 0 Å². The Morgan fingerprint density at radius 1 is 1.52 bits per heavy atom. The molecule has 0 bridgehead atoms. The maximum absolute atomic E-state index is 12.5. The zero-order valence-electron chi connectivity index (χ0n) is 10.6. The van der Waals surface area contributed by atoms with E-state index in [1.165, 1.54) is 11.3 Å². The van der Waals surface area contributed by atoms with Crippen molar-refractivity contribution >= 4 is 39.6 Å². The second-order valence-corrected chi connectivity index (χ2v) is 5.70. The molecule has 0 saturated heterocycles. The second kappa shape index (κ2) is 5.30. The van der Waals surface area contributed by atoms with Gasteiger partial charge in [-0.3, -0.25) is 4.79 Å². The Bertz CT molecular complexity index is 877. The molecule has 3 rings (SSSR count). The number of fused-ring (bicyclic) bond motifs is 1. The van der Waals surface area contributed by atoms with Crippen LogP contribution < -0.4 is 5.73 Å². The number of halogens is 1. The van der Waals surface area contributed by atoms with E-state index in [0.29, 0.717) is 21.3 Å². The van der Waals surface area contributed by atoms with Gasteiger partial charge in [-0.2, -0.15) is 5.26 Å². The van der Waals surface area contributed by atoms with Crippen LogP contribution in [0.3, 0.4) is 0 Å². The largest absolute Gasteiger partial charge is 0.360 e. The number of ketones is 1. The van der Waals surface area contributed by atoms with Crippen LogP contribution in [-0.2, 0) is 0 Å². The predicted molar refractivity (Wildman–Crippen MR) is 81.4 cm³/mol. The molecule has 0 aliphatic rings. The van der Waals surface area contributed by atoms with E-state index >= 15 is 0 Å². The molecule has 5 nitrogen and oxygen atoms in total. The quantitative estimate of drug-likeness (QED) is 0.726. The highest BCUT2D eigenvalue weighted by Crippen LogP contribution is 2.25. The van der Waals surface area contributed by atoms with Gasteiger partial charge in [-0.05, 0) is 12.1 Å². The molecule has 0 saturated carbocycles.